The standard InChI is InChI=1S/C20H26Cl2N4O3/c1-4-26-18(13-10-23-15(21)9-14(13)29-3)16(22)17(25-26)19(27)24-11-20(28)7-5-12(2)6-8-20/h9-10,12,28H,4-8,11H2,1-3H3,(H,24,27). The summed E-state index contributed by atoms with van der Waals surface area (Å²) in [7, 11) is 1.52. The lowest BCUT2D eigenvalue weighted by molar-refractivity contribution is -0.00544. The minimum Gasteiger partial charge on any atom is -0.496 e. The maximum atomic E-state index is 12.8. The summed E-state index contributed by atoms with van der Waals surface area (Å²) in [5, 5.41) is 18.4. The summed E-state index contributed by atoms with van der Waals surface area (Å²) in [5.41, 5.74) is 0.350. The number of hydrogen-bond donors (Lipinski definition) is 2. The van der Waals surface area contributed by atoms with E-state index in [1.165, 1.54) is 7.11 Å². The predicted molar refractivity (Wildman–Crippen MR) is 113 cm³/mol. The van der Waals surface area contributed by atoms with Crippen molar-refractivity contribution in [2.24, 2.45) is 5.92 Å². The summed E-state index contributed by atoms with van der Waals surface area (Å²) >= 11 is 12.5. The Morgan fingerprint density at radius 2 is 2.10 bits per heavy atom. The molecule has 0 aliphatic heterocycles. The van der Waals surface area contributed by atoms with Crippen LogP contribution in [-0.4, -0.2) is 45.0 Å². The minimum absolute atomic E-state index is 0.105. The van der Waals surface area contributed by atoms with Crippen LogP contribution < -0.4 is 10.1 Å². The molecule has 2 aromatic rings. The lowest BCUT2D eigenvalue weighted by atomic mass is 9.79. The molecule has 0 radical (unpaired) electrons. The second-order valence-corrected chi connectivity index (χ2v) is 8.39. The quantitative estimate of drug-likeness (QED) is 0.663. The van der Waals surface area contributed by atoms with Crippen LogP contribution in [0.15, 0.2) is 12.3 Å². The zero-order valence-electron chi connectivity index (χ0n) is 16.8. The van der Waals surface area contributed by atoms with Crippen molar-refractivity contribution in [3.05, 3.63) is 28.1 Å². The number of hydrogen-bond acceptors (Lipinski definition) is 5. The second kappa shape index (κ2) is 8.90. The van der Waals surface area contributed by atoms with Crippen LogP contribution in [0.1, 0.15) is 50.0 Å². The van der Waals surface area contributed by atoms with Gasteiger partial charge in [-0.1, -0.05) is 30.1 Å². The molecule has 7 nitrogen and oxygen atoms in total. The van der Waals surface area contributed by atoms with E-state index in [1.54, 1.807) is 16.9 Å². The maximum absolute atomic E-state index is 12.8. The van der Waals surface area contributed by atoms with Gasteiger partial charge in [0.2, 0.25) is 0 Å². The van der Waals surface area contributed by atoms with E-state index in [4.69, 9.17) is 27.9 Å². The summed E-state index contributed by atoms with van der Waals surface area (Å²) in [6.07, 6.45) is 4.79. The predicted octanol–water partition coefficient (Wildman–Crippen LogP) is 3.95. The van der Waals surface area contributed by atoms with E-state index in [0.717, 1.165) is 12.8 Å². The SMILES string of the molecule is CCn1nc(C(=O)NCC2(O)CCC(C)CC2)c(Cl)c1-c1cnc(Cl)cc1OC. The number of carbonyl (C=O) groups is 1. The molecule has 2 N–H and O–H groups in total. The van der Waals surface area contributed by atoms with E-state index in [1.807, 2.05) is 6.92 Å². The second-order valence-electron chi connectivity index (χ2n) is 7.62. The number of carbonyl (C=O) groups excluding carboxylic acids is 1. The van der Waals surface area contributed by atoms with Gasteiger partial charge in [0.15, 0.2) is 5.69 Å². The molecular weight excluding hydrogens is 415 g/mol. The number of aryl methyl sites for hydroxylation is 1. The molecule has 1 aliphatic rings. The Kier molecular flexibility index (Phi) is 6.71. The molecule has 2 heterocycles. The number of rotatable bonds is 6. The molecule has 0 atom stereocenters. The fraction of sp³-hybridized carbons (Fsp3) is 0.550. The van der Waals surface area contributed by atoms with Gasteiger partial charge < -0.3 is 15.2 Å². The highest BCUT2D eigenvalue weighted by atomic mass is 35.5. The van der Waals surface area contributed by atoms with Crippen molar-refractivity contribution >= 4 is 29.1 Å². The van der Waals surface area contributed by atoms with Crippen molar-refractivity contribution in [2.75, 3.05) is 13.7 Å². The molecule has 0 unspecified atom stereocenters. The van der Waals surface area contributed by atoms with E-state index >= 15 is 0 Å². The number of aromatic nitrogens is 3. The van der Waals surface area contributed by atoms with E-state index < -0.39 is 11.5 Å². The maximum Gasteiger partial charge on any atom is 0.273 e. The molecule has 29 heavy (non-hydrogen) atoms. The van der Waals surface area contributed by atoms with Crippen molar-refractivity contribution in [1.29, 1.82) is 0 Å². The number of halogens is 2. The summed E-state index contributed by atoms with van der Waals surface area (Å²) in [4.78, 5) is 16.9. The Morgan fingerprint density at radius 1 is 1.41 bits per heavy atom. The molecule has 1 saturated carbocycles. The largest absolute Gasteiger partial charge is 0.496 e. The molecule has 2 aromatic heterocycles. The molecule has 0 spiro atoms. The summed E-state index contributed by atoms with van der Waals surface area (Å²) in [5.74, 6) is 0.668. The van der Waals surface area contributed by atoms with Crippen molar-refractivity contribution in [3.63, 3.8) is 0 Å². The molecule has 0 aromatic carbocycles. The Hall–Kier alpha value is -1.83. The van der Waals surface area contributed by atoms with Gasteiger partial charge >= 0.3 is 0 Å². The monoisotopic (exact) mass is 440 g/mol. The third kappa shape index (κ3) is 4.68. The highest BCUT2D eigenvalue weighted by molar-refractivity contribution is 6.36. The molecule has 0 saturated heterocycles. The van der Waals surface area contributed by atoms with Crippen molar-refractivity contribution < 1.29 is 14.6 Å². The van der Waals surface area contributed by atoms with Crippen LogP contribution in [0, 0.1) is 5.92 Å². The molecule has 158 valence electrons. The first-order valence-corrected chi connectivity index (χ1v) is 10.5. The Bertz CT molecular complexity index is 892. The van der Waals surface area contributed by atoms with Gasteiger partial charge in [-0.05, 0) is 38.5 Å². The van der Waals surface area contributed by atoms with E-state index in [0.29, 0.717) is 42.3 Å². The van der Waals surface area contributed by atoms with Crippen LogP contribution in [0.2, 0.25) is 10.2 Å². The van der Waals surface area contributed by atoms with E-state index in [-0.39, 0.29) is 22.4 Å². The van der Waals surface area contributed by atoms with Crippen molar-refractivity contribution in [1.82, 2.24) is 20.1 Å². The van der Waals surface area contributed by atoms with Crippen molar-refractivity contribution in [2.45, 2.75) is 51.7 Å². The van der Waals surface area contributed by atoms with Gasteiger partial charge in [-0.2, -0.15) is 5.10 Å². The minimum atomic E-state index is -0.881. The third-order valence-corrected chi connectivity index (χ3v) is 6.06. The normalized spacial score (nSPS) is 21.8. The lowest BCUT2D eigenvalue weighted by Crippen LogP contribution is -2.45. The molecular formula is C20H26Cl2N4O3. The van der Waals surface area contributed by atoms with Crippen LogP contribution in [0.3, 0.4) is 0 Å². The van der Waals surface area contributed by atoms with E-state index in [2.05, 4.69) is 22.3 Å². The Balaban J connectivity index is 1.85. The summed E-state index contributed by atoms with van der Waals surface area (Å²) in [6.45, 7) is 4.75. The van der Waals surface area contributed by atoms with Crippen LogP contribution in [0.4, 0.5) is 0 Å². The first-order valence-electron chi connectivity index (χ1n) is 9.74. The van der Waals surface area contributed by atoms with Crippen LogP contribution in [0.25, 0.3) is 11.3 Å². The molecule has 1 amide bonds. The first-order chi connectivity index (χ1) is 13.8. The highest BCUT2D eigenvalue weighted by Gasteiger charge is 2.33. The van der Waals surface area contributed by atoms with Crippen LogP contribution in [-0.2, 0) is 6.54 Å². The molecule has 3 rings (SSSR count). The summed E-state index contributed by atoms with van der Waals surface area (Å²) in [6, 6.07) is 1.58. The van der Waals surface area contributed by atoms with Gasteiger partial charge in [-0.15, -0.1) is 0 Å². The Morgan fingerprint density at radius 3 is 2.72 bits per heavy atom. The third-order valence-electron chi connectivity index (χ3n) is 5.50. The number of nitrogens with zero attached hydrogens (tertiary/aromatic N) is 3. The fourth-order valence-corrected chi connectivity index (χ4v) is 4.11. The zero-order chi connectivity index (χ0) is 21.2. The molecule has 1 fully saturated rings. The van der Waals surface area contributed by atoms with Crippen LogP contribution >= 0.6 is 23.2 Å². The van der Waals surface area contributed by atoms with Crippen molar-refractivity contribution in [3.8, 4) is 17.0 Å². The van der Waals surface area contributed by atoms with Gasteiger partial charge in [0.25, 0.3) is 5.91 Å². The van der Waals surface area contributed by atoms with Gasteiger partial charge in [0, 0.05) is 25.4 Å². The topological polar surface area (TPSA) is 89.3 Å². The number of methoxy groups -OCH3 is 1. The smallest absolute Gasteiger partial charge is 0.273 e. The molecule has 9 heteroatoms. The van der Waals surface area contributed by atoms with E-state index in [9.17, 15) is 9.90 Å². The van der Waals surface area contributed by atoms with Gasteiger partial charge in [-0.25, -0.2) is 4.98 Å². The Labute approximate surface area is 180 Å². The number of pyridine rings is 1. The number of amides is 1. The fourth-order valence-electron chi connectivity index (χ4n) is 3.64. The number of nitrogens with one attached hydrogen (secondary N) is 1. The molecule has 0 bridgehead atoms. The number of ether oxygens (including phenoxy) is 1. The average Bonchev–Trinajstić information content (AvgIpc) is 3.05. The average molecular weight is 441 g/mol. The number of aliphatic hydroxyl groups is 1. The van der Waals surface area contributed by atoms with Gasteiger partial charge in [0.1, 0.15) is 10.9 Å². The van der Waals surface area contributed by atoms with Gasteiger partial charge in [-0.3, -0.25) is 9.48 Å². The molecule has 1 aliphatic carbocycles. The van der Waals surface area contributed by atoms with Gasteiger partial charge in [0.05, 0.1) is 29.0 Å². The van der Waals surface area contributed by atoms with Crippen LogP contribution in [0.5, 0.6) is 5.75 Å². The first kappa shape index (κ1) is 21.9. The zero-order valence-corrected chi connectivity index (χ0v) is 18.3. The highest BCUT2D eigenvalue weighted by Crippen LogP contribution is 2.37. The summed E-state index contributed by atoms with van der Waals surface area (Å²) < 4.78 is 7.02. The lowest BCUT2D eigenvalue weighted by Gasteiger charge is -2.34.